The van der Waals surface area contributed by atoms with Gasteiger partial charge in [0.15, 0.2) is 0 Å². The molecule has 0 N–H and O–H groups in total. The first-order valence-electron chi connectivity index (χ1n) is 15.4. The molecule has 0 fully saturated rings. The van der Waals surface area contributed by atoms with E-state index in [4.69, 9.17) is 0 Å². The summed E-state index contributed by atoms with van der Waals surface area (Å²) in [7, 11) is 0. The largest absolute Gasteiger partial charge is 0.309 e. The Morgan fingerprint density at radius 1 is 0.356 bits per heavy atom. The van der Waals surface area contributed by atoms with E-state index >= 15 is 0 Å². The second-order valence-electron chi connectivity index (χ2n) is 11.8. The third kappa shape index (κ3) is 3.56. The molecule has 7 aromatic carbocycles. The fraction of sp³-hybridized carbons (Fsp3) is 0. The minimum Gasteiger partial charge on any atom is -0.309 e. The number of para-hydroxylation sites is 3. The van der Waals surface area contributed by atoms with Crippen molar-refractivity contribution >= 4 is 75.1 Å². The molecule has 3 heterocycles. The van der Waals surface area contributed by atoms with Gasteiger partial charge in [-0.3, -0.25) is 0 Å². The second kappa shape index (κ2) is 9.43. The van der Waals surface area contributed by atoms with Crippen molar-refractivity contribution in [1.29, 1.82) is 0 Å². The summed E-state index contributed by atoms with van der Waals surface area (Å²) >= 11 is 1.87. The molecule has 0 aliphatic carbocycles. The molecule has 0 saturated carbocycles. The molecule has 10 aromatic rings. The molecule has 45 heavy (non-hydrogen) atoms. The fourth-order valence-corrected chi connectivity index (χ4v) is 8.41. The summed E-state index contributed by atoms with van der Waals surface area (Å²) in [6.07, 6.45) is 0. The van der Waals surface area contributed by atoms with Gasteiger partial charge in [-0.1, -0.05) is 97.1 Å². The molecule has 210 valence electrons. The highest BCUT2D eigenvalue weighted by molar-refractivity contribution is 7.25. The molecule has 0 saturated heterocycles. The molecule has 0 amide bonds. The van der Waals surface area contributed by atoms with Crippen molar-refractivity contribution in [2.24, 2.45) is 0 Å². The molecule has 3 aromatic heterocycles. The third-order valence-electron chi connectivity index (χ3n) is 9.30. The van der Waals surface area contributed by atoms with Crippen molar-refractivity contribution in [3.05, 3.63) is 158 Å². The van der Waals surface area contributed by atoms with Crippen molar-refractivity contribution in [3.63, 3.8) is 0 Å². The van der Waals surface area contributed by atoms with Crippen molar-refractivity contribution in [2.75, 3.05) is 0 Å². The first kappa shape index (κ1) is 24.8. The van der Waals surface area contributed by atoms with Crippen molar-refractivity contribution in [2.45, 2.75) is 0 Å². The van der Waals surface area contributed by atoms with Crippen molar-refractivity contribution in [3.8, 4) is 22.5 Å². The summed E-state index contributed by atoms with van der Waals surface area (Å²) < 4.78 is 7.54. The first-order valence-corrected chi connectivity index (χ1v) is 16.2. The number of thiophene rings is 1. The Bertz CT molecular complexity index is 2740. The summed E-state index contributed by atoms with van der Waals surface area (Å²) in [5, 5.41) is 7.71. The average Bonchev–Trinajstić information content (AvgIpc) is 3.76. The van der Waals surface area contributed by atoms with E-state index in [1.807, 2.05) is 11.3 Å². The van der Waals surface area contributed by atoms with Crippen LogP contribution in [0.1, 0.15) is 0 Å². The predicted octanol–water partition coefficient (Wildman–Crippen LogP) is 11.9. The van der Waals surface area contributed by atoms with Gasteiger partial charge in [0.1, 0.15) is 0 Å². The lowest BCUT2D eigenvalue weighted by Gasteiger charge is -2.10. The molecule has 2 nitrogen and oxygen atoms in total. The molecule has 0 aliphatic heterocycles. The van der Waals surface area contributed by atoms with Gasteiger partial charge in [-0.15, -0.1) is 11.3 Å². The van der Waals surface area contributed by atoms with Gasteiger partial charge >= 0.3 is 0 Å². The van der Waals surface area contributed by atoms with Crippen LogP contribution in [0.4, 0.5) is 0 Å². The van der Waals surface area contributed by atoms with Gasteiger partial charge in [0.25, 0.3) is 0 Å². The van der Waals surface area contributed by atoms with E-state index in [0.717, 1.165) is 0 Å². The highest BCUT2D eigenvalue weighted by Crippen LogP contribution is 2.43. The van der Waals surface area contributed by atoms with Gasteiger partial charge in [-0.25, -0.2) is 0 Å². The van der Waals surface area contributed by atoms with Crippen LogP contribution in [0.25, 0.3) is 86.3 Å². The van der Waals surface area contributed by atoms with Crippen LogP contribution < -0.4 is 0 Å². The standard InChI is InChI=1S/C42H26N2S/c1-3-11-27(12-4-1)28-19-23-39-34(25-28)35-26-30(20-24-40(35)45-39)43-37-18-10-8-16-33(37)41-38(43)22-21-32-31-15-7-9-17-36(31)44(42(32)41)29-13-5-2-6-14-29/h1-26H. The van der Waals surface area contributed by atoms with E-state index < -0.39 is 0 Å². The lowest BCUT2D eigenvalue weighted by atomic mass is 10.0. The van der Waals surface area contributed by atoms with E-state index in [0.29, 0.717) is 0 Å². The molecule has 0 unspecified atom stereocenters. The van der Waals surface area contributed by atoms with Crippen LogP contribution in [0.15, 0.2) is 158 Å². The quantitative estimate of drug-likeness (QED) is 0.194. The monoisotopic (exact) mass is 590 g/mol. The van der Waals surface area contributed by atoms with Gasteiger partial charge in [-0.05, 0) is 71.8 Å². The van der Waals surface area contributed by atoms with Crippen LogP contribution in [-0.2, 0) is 0 Å². The molecule has 10 rings (SSSR count). The Labute approximate surface area is 263 Å². The van der Waals surface area contributed by atoms with Gasteiger partial charge in [-0.2, -0.15) is 0 Å². The van der Waals surface area contributed by atoms with Crippen LogP contribution in [0, 0.1) is 0 Å². The highest BCUT2D eigenvalue weighted by atomic mass is 32.1. The number of hydrogen-bond donors (Lipinski definition) is 0. The molecule has 3 heteroatoms. The number of aromatic nitrogens is 2. The van der Waals surface area contributed by atoms with Crippen LogP contribution in [0.3, 0.4) is 0 Å². The van der Waals surface area contributed by atoms with E-state index in [9.17, 15) is 0 Å². The first-order chi connectivity index (χ1) is 22.3. The van der Waals surface area contributed by atoms with E-state index in [2.05, 4.69) is 167 Å². The van der Waals surface area contributed by atoms with Crippen LogP contribution >= 0.6 is 11.3 Å². The maximum atomic E-state index is 2.46. The van der Waals surface area contributed by atoms with Gasteiger partial charge in [0.05, 0.1) is 22.1 Å². The van der Waals surface area contributed by atoms with Gasteiger partial charge in [0.2, 0.25) is 0 Å². The summed E-state index contributed by atoms with van der Waals surface area (Å²) in [5.41, 5.74) is 9.76. The normalized spacial score (nSPS) is 12.0. The highest BCUT2D eigenvalue weighted by Gasteiger charge is 2.21. The molecule has 0 atom stereocenters. The molecule has 0 radical (unpaired) electrons. The zero-order chi connectivity index (χ0) is 29.5. The molecular weight excluding hydrogens is 565 g/mol. The second-order valence-corrected chi connectivity index (χ2v) is 12.8. The Morgan fingerprint density at radius 3 is 1.80 bits per heavy atom. The van der Waals surface area contributed by atoms with Crippen LogP contribution in [-0.4, -0.2) is 9.13 Å². The van der Waals surface area contributed by atoms with Crippen molar-refractivity contribution in [1.82, 2.24) is 9.13 Å². The van der Waals surface area contributed by atoms with E-state index in [1.54, 1.807) is 0 Å². The number of fused-ring (bicyclic) bond motifs is 10. The van der Waals surface area contributed by atoms with Crippen molar-refractivity contribution < 1.29 is 0 Å². The minimum absolute atomic E-state index is 1.17. The predicted molar refractivity (Wildman–Crippen MR) is 193 cm³/mol. The lowest BCUT2D eigenvalue weighted by Crippen LogP contribution is -1.95. The Balaban J connectivity index is 1.30. The summed E-state index contributed by atoms with van der Waals surface area (Å²) in [4.78, 5) is 0. The minimum atomic E-state index is 1.17. The van der Waals surface area contributed by atoms with Gasteiger partial charge in [0, 0.05) is 53.1 Å². The number of benzene rings is 7. The molecule has 0 spiro atoms. The molecule has 0 bridgehead atoms. The topological polar surface area (TPSA) is 9.86 Å². The SMILES string of the molecule is c1ccc(-c2ccc3sc4ccc(-n5c6ccccc6c6c5ccc5c7ccccc7n(-c7ccccc7)c56)cc4c3c2)cc1. The Morgan fingerprint density at radius 2 is 1.00 bits per heavy atom. The Hall–Kier alpha value is -5.64. The average molecular weight is 591 g/mol. The van der Waals surface area contributed by atoms with Crippen LogP contribution in [0.5, 0.6) is 0 Å². The summed E-state index contributed by atoms with van der Waals surface area (Å²) in [5.74, 6) is 0. The zero-order valence-electron chi connectivity index (χ0n) is 24.3. The smallest absolute Gasteiger partial charge is 0.0641 e. The van der Waals surface area contributed by atoms with Crippen LogP contribution in [0.2, 0.25) is 0 Å². The maximum Gasteiger partial charge on any atom is 0.0641 e. The fourth-order valence-electron chi connectivity index (χ4n) is 7.35. The number of rotatable bonds is 3. The van der Waals surface area contributed by atoms with E-state index in [1.165, 1.54) is 86.3 Å². The Kier molecular flexibility index (Phi) is 5.19. The summed E-state index contributed by atoms with van der Waals surface area (Å²) in [6.45, 7) is 0. The maximum absolute atomic E-state index is 2.46. The molecular formula is C42H26N2S. The zero-order valence-corrected chi connectivity index (χ0v) is 25.1. The number of nitrogens with zero attached hydrogens (tertiary/aromatic N) is 2. The van der Waals surface area contributed by atoms with Gasteiger partial charge < -0.3 is 9.13 Å². The third-order valence-corrected chi connectivity index (χ3v) is 10.5. The summed E-state index contributed by atoms with van der Waals surface area (Å²) in [6, 6.07) is 57.6. The van der Waals surface area contributed by atoms with E-state index in [-0.39, 0.29) is 0 Å². The molecule has 0 aliphatic rings. The number of hydrogen-bond acceptors (Lipinski definition) is 1. The lowest BCUT2D eigenvalue weighted by molar-refractivity contribution is 1.18.